The molecule has 1 saturated heterocycles. The van der Waals surface area contributed by atoms with Gasteiger partial charge in [0.2, 0.25) is 0 Å². The fraction of sp³-hybridized carbons (Fsp3) is 0.556. The van der Waals surface area contributed by atoms with Crippen LogP contribution >= 0.6 is 22.6 Å². The maximum Gasteiger partial charge on any atom is 0.334 e. The van der Waals surface area contributed by atoms with E-state index in [-0.39, 0.29) is 18.0 Å². The molecule has 24 heavy (non-hydrogen) atoms. The number of carbonyl (C=O) groups excluding carboxylic acids is 2. The van der Waals surface area contributed by atoms with Gasteiger partial charge in [-0.3, -0.25) is 0 Å². The maximum absolute atomic E-state index is 12.5. The third kappa shape index (κ3) is 4.40. The molecule has 5 nitrogen and oxygen atoms in total. The molecule has 1 aliphatic carbocycles. The molecule has 1 N–H and O–H groups in total. The molecule has 1 aromatic carbocycles. The number of likely N-dealkylation sites (tertiary alicyclic amines) is 1. The first-order valence-electron chi connectivity index (χ1n) is 8.68. The van der Waals surface area contributed by atoms with E-state index in [1.54, 1.807) is 17.0 Å². The fourth-order valence-electron chi connectivity index (χ4n) is 3.45. The number of urea groups is 1. The van der Waals surface area contributed by atoms with E-state index in [1.165, 1.54) is 19.3 Å². The number of hydrogen-bond acceptors (Lipinski definition) is 3. The molecule has 1 aliphatic heterocycles. The minimum atomic E-state index is -0.479. The summed E-state index contributed by atoms with van der Waals surface area (Å²) in [5, 5.41) is 3.10. The Morgan fingerprint density at radius 3 is 2.46 bits per heavy atom. The Hall–Kier alpha value is -1.31. The van der Waals surface area contributed by atoms with Crippen molar-refractivity contribution in [2.24, 2.45) is 0 Å². The molecular weight excluding hydrogens is 419 g/mol. The van der Waals surface area contributed by atoms with E-state index in [9.17, 15) is 9.59 Å². The van der Waals surface area contributed by atoms with E-state index in [0.29, 0.717) is 18.7 Å². The molecule has 0 radical (unpaired) electrons. The quantitative estimate of drug-likeness (QED) is 0.441. The van der Waals surface area contributed by atoms with Gasteiger partial charge in [0.05, 0.1) is 0 Å². The standard InChI is InChI=1S/C18H23IN2O3/c19-13-8-10-15(11-9-13)24-17(22)16-7-4-12-21(16)18(23)20-14-5-2-1-3-6-14/h8-11,14,16H,1-7,12H2,(H,20,23)/t16-/m1/s1. The summed E-state index contributed by atoms with van der Waals surface area (Å²) >= 11 is 2.20. The van der Waals surface area contributed by atoms with Gasteiger partial charge in [-0.1, -0.05) is 19.3 Å². The van der Waals surface area contributed by atoms with Gasteiger partial charge in [-0.15, -0.1) is 0 Å². The molecule has 0 spiro atoms. The number of rotatable bonds is 3. The van der Waals surface area contributed by atoms with Crippen LogP contribution in [0.15, 0.2) is 24.3 Å². The summed E-state index contributed by atoms with van der Waals surface area (Å²) in [5.74, 6) is 0.187. The lowest BCUT2D eigenvalue weighted by Crippen LogP contribution is -2.50. The molecule has 2 amide bonds. The Balaban J connectivity index is 1.58. The van der Waals surface area contributed by atoms with Crippen LogP contribution in [0.5, 0.6) is 5.75 Å². The highest BCUT2D eigenvalue weighted by atomic mass is 127. The zero-order valence-electron chi connectivity index (χ0n) is 13.7. The average Bonchev–Trinajstić information content (AvgIpc) is 3.08. The molecule has 1 heterocycles. The van der Waals surface area contributed by atoms with E-state index in [4.69, 9.17) is 4.74 Å². The van der Waals surface area contributed by atoms with Crippen LogP contribution in [0, 0.1) is 3.57 Å². The Morgan fingerprint density at radius 1 is 1.04 bits per heavy atom. The summed E-state index contributed by atoms with van der Waals surface area (Å²) in [6.45, 7) is 0.616. The number of benzene rings is 1. The van der Waals surface area contributed by atoms with Crippen LogP contribution in [0.25, 0.3) is 0 Å². The van der Waals surface area contributed by atoms with Crippen molar-refractivity contribution in [2.75, 3.05) is 6.54 Å². The van der Waals surface area contributed by atoms with Crippen molar-refractivity contribution in [3.63, 3.8) is 0 Å². The second-order valence-corrected chi connectivity index (χ2v) is 7.76. The molecule has 2 aliphatic rings. The van der Waals surface area contributed by atoms with Gasteiger partial charge in [0, 0.05) is 16.2 Å². The van der Waals surface area contributed by atoms with E-state index in [2.05, 4.69) is 27.9 Å². The summed E-state index contributed by atoms with van der Waals surface area (Å²) in [7, 11) is 0. The number of ether oxygens (including phenoxy) is 1. The van der Waals surface area contributed by atoms with Crippen LogP contribution in [0.1, 0.15) is 44.9 Å². The number of carbonyl (C=O) groups is 2. The number of nitrogens with one attached hydrogen (secondary N) is 1. The SMILES string of the molecule is O=C(Oc1ccc(I)cc1)[C@H]1CCCN1C(=O)NC1CCCCC1. The monoisotopic (exact) mass is 442 g/mol. The zero-order valence-corrected chi connectivity index (χ0v) is 15.8. The van der Waals surface area contributed by atoms with Crippen molar-refractivity contribution in [3.05, 3.63) is 27.8 Å². The predicted octanol–water partition coefficient (Wildman–Crippen LogP) is 3.70. The molecule has 1 aromatic rings. The molecule has 0 aromatic heterocycles. The smallest absolute Gasteiger partial charge is 0.334 e. The number of nitrogens with zero attached hydrogens (tertiary/aromatic N) is 1. The lowest BCUT2D eigenvalue weighted by Gasteiger charge is -2.28. The Kier molecular flexibility index (Phi) is 5.97. The normalized spacial score (nSPS) is 21.5. The van der Waals surface area contributed by atoms with Crippen LogP contribution in [-0.4, -0.2) is 35.5 Å². The summed E-state index contributed by atoms with van der Waals surface area (Å²) in [5.41, 5.74) is 0. The second kappa shape index (κ2) is 8.18. The van der Waals surface area contributed by atoms with E-state index < -0.39 is 6.04 Å². The van der Waals surface area contributed by atoms with Gasteiger partial charge in [-0.05, 0) is 72.5 Å². The van der Waals surface area contributed by atoms with Crippen LogP contribution < -0.4 is 10.1 Å². The summed E-state index contributed by atoms with van der Waals surface area (Å²) in [4.78, 5) is 26.6. The first-order chi connectivity index (χ1) is 11.6. The van der Waals surface area contributed by atoms with Crippen molar-refractivity contribution in [3.8, 4) is 5.75 Å². The summed E-state index contributed by atoms with van der Waals surface area (Å²) in [6.07, 6.45) is 7.17. The average molecular weight is 442 g/mol. The van der Waals surface area contributed by atoms with E-state index in [1.807, 2.05) is 12.1 Å². The van der Waals surface area contributed by atoms with Crippen molar-refractivity contribution in [2.45, 2.75) is 57.0 Å². The maximum atomic E-state index is 12.5. The zero-order chi connectivity index (χ0) is 16.9. The molecule has 1 saturated carbocycles. The summed E-state index contributed by atoms with van der Waals surface area (Å²) in [6, 6.07) is 7.00. The second-order valence-electron chi connectivity index (χ2n) is 6.51. The predicted molar refractivity (Wildman–Crippen MR) is 99.9 cm³/mol. The van der Waals surface area contributed by atoms with Gasteiger partial charge in [0.1, 0.15) is 11.8 Å². The van der Waals surface area contributed by atoms with Crippen LogP contribution in [-0.2, 0) is 4.79 Å². The lowest BCUT2D eigenvalue weighted by atomic mass is 9.96. The summed E-state index contributed by atoms with van der Waals surface area (Å²) < 4.78 is 6.54. The highest BCUT2D eigenvalue weighted by Gasteiger charge is 2.36. The Labute approximate surface area is 156 Å². The van der Waals surface area contributed by atoms with Gasteiger partial charge in [0.15, 0.2) is 0 Å². The van der Waals surface area contributed by atoms with Gasteiger partial charge < -0.3 is 15.0 Å². The van der Waals surface area contributed by atoms with Crippen molar-refractivity contribution in [1.82, 2.24) is 10.2 Å². The third-order valence-corrected chi connectivity index (χ3v) is 5.47. The highest BCUT2D eigenvalue weighted by Crippen LogP contribution is 2.23. The Bertz CT molecular complexity index is 584. The van der Waals surface area contributed by atoms with Crippen LogP contribution in [0.3, 0.4) is 0 Å². The van der Waals surface area contributed by atoms with Gasteiger partial charge in [-0.25, -0.2) is 9.59 Å². The number of hydrogen-bond donors (Lipinski definition) is 1. The van der Waals surface area contributed by atoms with E-state index in [0.717, 1.165) is 22.8 Å². The van der Waals surface area contributed by atoms with E-state index >= 15 is 0 Å². The van der Waals surface area contributed by atoms with Crippen molar-refractivity contribution < 1.29 is 14.3 Å². The molecular formula is C18H23IN2O3. The van der Waals surface area contributed by atoms with Crippen LogP contribution in [0.4, 0.5) is 4.79 Å². The highest BCUT2D eigenvalue weighted by molar-refractivity contribution is 14.1. The van der Waals surface area contributed by atoms with Gasteiger partial charge >= 0.3 is 12.0 Å². The molecule has 1 atom stereocenters. The molecule has 6 heteroatoms. The minimum Gasteiger partial charge on any atom is -0.425 e. The Morgan fingerprint density at radius 2 is 1.75 bits per heavy atom. The van der Waals surface area contributed by atoms with Gasteiger partial charge in [-0.2, -0.15) is 0 Å². The first kappa shape index (κ1) is 17.5. The topological polar surface area (TPSA) is 58.6 Å². The third-order valence-electron chi connectivity index (χ3n) is 4.75. The molecule has 0 bridgehead atoms. The number of esters is 1. The first-order valence-corrected chi connectivity index (χ1v) is 9.76. The molecule has 3 rings (SSSR count). The fourth-order valence-corrected chi connectivity index (χ4v) is 3.81. The van der Waals surface area contributed by atoms with Crippen LogP contribution in [0.2, 0.25) is 0 Å². The molecule has 130 valence electrons. The number of amides is 2. The van der Waals surface area contributed by atoms with Gasteiger partial charge in [0.25, 0.3) is 0 Å². The van der Waals surface area contributed by atoms with Crippen molar-refractivity contribution in [1.29, 1.82) is 0 Å². The molecule has 2 fully saturated rings. The number of halogens is 1. The molecule has 0 unspecified atom stereocenters. The lowest BCUT2D eigenvalue weighted by molar-refractivity contribution is -0.138. The van der Waals surface area contributed by atoms with Crippen molar-refractivity contribution >= 4 is 34.6 Å². The minimum absolute atomic E-state index is 0.121. The largest absolute Gasteiger partial charge is 0.425 e.